The van der Waals surface area contributed by atoms with Gasteiger partial charge in [-0.05, 0) is 30.3 Å². The second-order valence-corrected chi connectivity index (χ2v) is 4.15. The van der Waals surface area contributed by atoms with Gasteiger partial charge < -0.3 is 14.2 Å². The van der Waals surface area contributed by atoms with Gasteiger partial charge in [-0.25, -0.2) is 4.98 Å². The lowest BCUT2D eigenvalue weighted by atomic mass is 10.3. The Bertz CT molecular complexity index is 764. The summed E-state index contributed by atoms with van der Waals surface area (Å²) in [6.07, 6.45) is 0. The van der Waals surface area contributed by atoms with Crippen LogP contribution in [-0.4, -0.2) is 4.98 Å². The summed E-state index contributed by atoms with van der Waals surface area (Å²) in [5.74, 6) is 1.68. The highest BCUT2D eigenvalue weighted by Crippen LogP contribution is 2.20. The number of nitrogens with zero attached hydrogens (tertiary/aromatic N) is 2. The lowest BCUT2D eigenvalue weighted by Crippen LogP contribution is -1.97. The standard InChI is InChI=1S/C14H11N3O2/c1-9-17-13-6-10(2-5-14(13)18-9)16-8-12-4-3-11(7-15)19-12/h2-6,16H,8H2,1H3. The van der Waals surface area contributed by atoms with Crippen LogP contribution in [0, 0.1) is 18.3 Å². The van der Waals surface area contributed by atoms with E-state index < -0.39 is 0 Å². The maximum absolute atomic E-state index is 8.67. The number of oxazole rings is 1. The third-order valence-corrected chi connectivity index (χ3v) is 2.73. The smallest absolute Gasteiger partial charge is 0.203 e. The molecule has 0 radical (unpaired) electrons. The van der Waals surface area contributed by atoms with Crippen LogP contribution < -0.4 is 5.32 Å². The van der Waals surface area contributed by atoms with Gasteiger partial charge >= 0.3 is 0 Å². The molecular weight excluding hydrogens is 242 g/mol. The summed E-state index contributed by atoms with van der Waals surface area (Å²) in [6, 6.07) is 11.1. The van der Waals surface area contributed by atoms with Gasteiger partial charge in [0.15, 0.2) is 11.5 Å². The molecule has 0 amide bonds. The molecule has 0 saturated heterocycles. The largest absolute Gasteiger partial charge is 0.449 e. The SMILES string of the molecule is Cc1nc2cc(NCc3ccc(C#N)o3)ccc2o1. The molecular formula is C14H11N3O2. The van der Waals surface area contributed by atoms with Crippen LogP contribution in [0.25, 0.3) is 11.1 Å². The van der Waals surface area contributed by atoms with Crippen LogP contribution in [-0.2, 0) is 6.54 Å². The predicted molar refractivity (Wildman–Crippen MR) is 69.5 cm³/mol. The highest BCUT2D eigenvalue weighted by molar-refractivity contribution is 5.77. The first-order valence-electron chi connectivity index (χ1n) is 5.84. The van der Waals surface area contributed by atoms with Crippen molar-refractivity contribution in [1.29, 1.82) is 5.26 Å². The molecule has 0 aliphatic heterocycles. The molecule has 0 aliphatic rings. The minimum absolute atomic E-state index is 0.319. The van der Waals surface area contributed by atoms with E-state index in [2.05, 4.69) is 10.3 Å². The van der Waals surface area contributed by atoms with Crippen molar-refractivity contribution in [2.45, 2.75) is 13.5 Å². The van der Waals surface area contributed by atoms with Crippen LogP contribution in [0.1, 0.15) is 17.4 Å². The number of nitriles is 1. The van der Waals surface area contributed by atoms with Crippen molar-refractivity contribution in [3.05, 3.63) is 47.7 Å². The minimum atomic E-state index is 0.319. The van der Waals surface area contributed by atoms with Crippen molar-refractivity contribution in [2.24, 2.45) is 0 Å². The van der Waals surface area contributed by atoms with Crippen molar-refractivity contribution in [1.82, 2.24) is 4.98 Å². The first kappa shape index (κ1) is 11.4. The summed E-state index contributed by atoms with van der Waals surface area (Å²) in [4.78, 5) is 4.27. The minimum Gasteiger partial charge on any atom is -0.449 e. The summed E-state index contributed by atoms with van der Waals surface area (Å²) in [5.41, 5.74) is 2.52. The van der Waals surface area contributed by atoms with E-state index in [9.17, 15) is 0 Å². The Kier molecular flexibility index (Phi) is 2.69. The number of aromatic nitrogens is 1. The maximum Gasteiger partial charge on any atom is 0.203 e. The average molecular weight is 253 g/mol. The molecule has 2 heterocycles. The predicted octanol–water partition coefficient (Wildman–Crippen LogP) is 3.21. The molecule has 0 unspecified atom stereocenters. The van der Waals surface area contributed by atoms with Gasteiger partial charge in [-0.15, -0.1) is 0 Å². The summed E-state index contributed by atoms with van der Waals surface area (Å²) in [6.45, 7) is 2.34. The van der Waals surface area contributed by atoms with Gasteiger partial charge in [0.25, 0.3) is 0 Å². The molecule has 94 valence electrons. The van der Waals surface area contributed by atoms with E-state index in [1.807, 2.05) is 31.2 Å². The molecule has 0 atom stereocenters. The fourth-order valence-corrected chi connectivity index (χ4v) is 1.87. The molecule has 3 rings (SSSR count). The monoisotopic (exact) mass is 253 g/mol. The van der Waals surface area contributed by atoms with E-state index >= 15 is 0 Å². The zero-order chi connectivity index (χ0) is 13.2. The normalized spacial score (nSPS) is 10.5. The lowest BCUT2D eigenvalue weighted by Gasteiger charge is -2.03. The van der Waals surface area contributed by atoms with Crippen LogP contribution >= 0.6 is 0 Å². The Morgan fingerprint density at radius 2 is 2.16 bits per heavy atom. The highest BCUT2D eigenvalue weighted by Gasteiger charge is 2.04. The molecule has 1 N–H and O–H groups in total. The Labute approximate surface area is 109 Å². The van der Waals surface area contributed by atoms with Gasteiger partial charge in [0.1, 0.15) is 17.3 Å². The van der Waals surface area contributed by atoms with E-state index in [0.29, 0.717) is 24.0 Å². The van der Waals surface area contributed by atoms with Crippen LogP contribution in [0.3, 0.4) is 0 Å². The number of hydrogen-bond donors (Lipinski definition) is 1. The Balaban J connectivity index is 1.76. The van der Waals surface area contributed by atoms with Crippen LogP contribution in [0.2, 0.25) is 0 Å². The van der Waals surface area contributed by atoms with Crippen molar-refractivity contribution in [3.63, 3.8) is 0 Å². The topological polar surface area (TPSA) is 75.0 Å². The fraction of sp³-hybridized carbons (Fsp3) is 0.143. The molecule has 3 aromatic rings. The van der Waals surface area contributed by atoms with Crippen LogP contribution in [0.5, 0.6) is 0 Å². The van der Waals surface area contributed by atoms with Gasteiger partial charge in [-0.1, -0.05) is 0 Å². The van der Waals surface area contributed by atoms with E-state index in [4.69, 9.17) is 14.1 Å². The van der Waals surface area contributed by atoms with Gasteiger partial charge in [-0.2, -0.15) is 5.26 Å². The third kappa shape index (κ3) is 2.29. The molecule has 0 aliphatic carbocycles. The molecule has 5 heteroatoms. The van der Waals surface area contributed by atoms with E-state index in [0.717, 1.165) is 16.8 Å². The van der Waals surface area contributed by atoms with Crippen LogP contribution in [0.15, 0.2) is 39.2 Å². The zero-order valence-corrected chi connectivity index (χ0v) is 10.3. The molecule has 2 aromatic heterocycles. The first-order valence-corrected chi connectivity index (χ1v) is 5.84. The Morgan fingerprint density at radius 1 is 1.26 bits per heavy atom. The Hall–Kier alpha value is -2.74. The third-order valence-electron chi connectivity index (χ3n) is 2.73. The van der Waals surface area contributed by atoms with Crippen molar-refractivity contribution in [3.8, 4) is 6.07 Å². The van der Waals surface area contributed by atoms with Crippen molar-refractivity contribution in [2.75, 3.05) is 5.32 Å². The van der Waals surface area contributed by atoms with Crippen molar-refractivity contribution < 1.29 is 8.83 Å². The fourth-order valence-electron chi connectivity index (χ4n) is 1.87. The number of hydrogen-bond acceptors (Lipinski definition) is 5. The summed E-state index contributed by atoms with van der Waals surface area (Å²) >= 11 is 0. The van der Waals surface area contributed by atoms with Gasteiger partial charge in [-0.3, -0.25) is 0 Å². The summed E-state index contributed by atoms with van der Waals surface area (Å²) < 4.78 is 10.7. The number of nitrogens with one attached hydrogen (secondary N) is 1. The number of furan rings is 1. The summed E-state index contributed by atoms with van der Waals surface area (Å²) in [7, 11) is 0. The molecule has 0 fully saturated rings. The maximum atomic E-state index is 8.67. The molecule has 19 heavy (non-hydrogen) atoms. The van der Waals surface area contributed by atoms with E-state index in [1.165, 1.54) is 0 Å². The summed E-state index contributed by atoms with van der Waals surface area (Å²) in [5, 5.41) is 11.9. The zero-order valence-electron chi connectivity index (χ0n) is 10.3. The van der Waals surface area contributed by atoms with E-state index in [1.54, 1.807) is 12.1 Å². The molecule has 5 nitrogen and oxygen atoms in total. The number of anilines is 1. The second kappa shape index (κ2) is 4.50. The number of benzene rings is 1. The lowest BCUT2D eigenvalue weighted by molar-refractivity contribution is 0.506. The molecule has 1 aromatic carbocycles. The molecule has 0 bridgehead atoms. The highest BCUT2D eigenvalue weighted by atomic mass is 16.3. The number of aryl methyl sites for hydroxylation is 1. The van der Waals surface area contributed by atoms with Gasteiger partial charge in [0.2, 0.25) is 5.76 Å². The van der Waals surface area contributed by atoms with E-state index in [-0.39, 0.29) is 0 Å². The molecule has 0 saturated carbocycles. The quantitative estimate of drug-likeness (QED) is 0.775. The first-order chi connectivity index (χ1) is 9.24. The van der Waals surface area contributed by atoms with Crippen molar-refractivity contribution >= 4 is 16.8 Å². The Morgan fingerprint density at radius 3 is 2.95 bits per heavy atom. The second-order valence-electron chi connectivity index (χ2n) is 4.15. The van der Waals surface area contributed by atoms with Gasteiger partial charge in [0.05, 0.1) is 6.54 Å². The van der Waals surface area contributed by atoms with Crippen LogP contribution in [0.4, 0.5) is 5.69 Å². The van der Waals surface area contributed by atoms with Gasteiger partial charge in [0, 0.05) is 12.6 Å². The average Bonchev–Trinajstić information content (AvgIpc) is 3.00. The number of fused-ring (bicyclic) bond motifs is 1. The molecule has 0 spiro atoms. The number of rotatable bonds is 3.